The van der Waals surface area contributed by atoms with Crippen molar-refractivity contribution in [3.8, 4) is 5.75 Å². The van der Waals surface area contributed by atoms with Gasteiger partial charge in [0, 0.05) is 6.42 Å². The Morgan fingerprint density at radius 1 is 1.37 bits per heavy atom. The van der Waals surface area contributed by atoms with Gasteiger partial charge in [-0.25, -0.2) is 4.79 Å². The van der Waals surface area contributed by atoms with Crippen molar-refractivity contribution >= 4 is 11.5 Å². The van der Waals surface area contributed by atoms with Crippen LogP contribution >= 0.6 is 0 Å². The molecule has 1 aliphatic rings. The van der Waals surface area contributed by atoms with Gasteiger partial charge in [-0.15, -0.1) is 0 Å². The van der Waals surface area contributed by atoms with Crippen molar-refractivity contribution in [1.29, 1.82) is 0 Å². The van der Waals surface area contributed by atoms with Crippen LogP contribution in [0.25, 0.3) is 5.57 Å². The summed E-state index contributed by atoms with van der Waals surface area (Å²) in [5.41, 5.74) is 2.48. The molecule has 0 radical (unpaired) electrons. The van der Waals surface area contributed by atoms with Crippen LogP contribution in [-0.2, 0) is 9.53 Å². The van der Waals surface area contributed by atoms with Gasteiger partial charge in [0.25, 0.3) is 0 Å². The van der Waals surface area contributed by atoms with Gasteiger partial charge < -0.3 is 9.47 Å². The first-order valence-corrected chi connectivity index (χ1v) is 6.40. The van der Waals surface area contributed by atoms with E-state index in [1.165, 1.54) is 0 Å². The molecule has 1 atom stereocenters. The van der Waals surface area contributed by atoms with E-state index in [1.807, 2.05) is 44.2 Å². The molecule has 0 unspecified atom stereocenters. The average Bonchev–Trinajstić information content (AvgIpc) is 2.71. The maximum Gasteiger partial charge on any atom is 0.339 e. The monoisotopic (exact) mass is 258 g/mol. The highest BCUT2D eigenvalue weighted by atomic mass is 16.5. The van der Waals surface area contributed by atoms with Crippen molar-refractivity contribution in [2.75, 3.05) is 6.61 Å². The Hall–Kier alpha value is -2.03. The van der Waals surface area contributed by atoms with Crippen molar-refractivity contribution in [2.45, 2.75) is 26.4 Å². The van der Waals surface area contributed by atoms with Crippen molar-refractivity contribution in [3.05, 3.63) is 48.1 Å². The molecule has 1 heterocycles. The van der Waals surface area contributed by atoms with Crippen LogP contribution in [0.2, 0.25) is 0 Å². The zero-order valence-corrected chi connectivity index (χ0v) is 11.3. The third-order valence-electron chi connectivity index (χ3n) is 2.86. The molecule has 1 aliphatic heterocycles. The van der Waals surface area contributed by atoms with Crippen molar-refractivity contribution < 1.29 is 14.3 Å². The summed E-state index contributed by atoms with van der Waals surface area (Å²) in [5, 5.41) is 0. The molecule has 0 spiro atoms. The molecule has 1 aromatic rings. The van der Waals surface area contributed by atoms with Crippen LogP contribution in [0.5, 0.6) is 5.75 Å². The van der Waals surface area contributed by atoms with Crippen LogP contribution in [0.15, 0.2) is 42.5 Å². The Kier molecular flexibility index (Phi) is 4.05. The summed E-state index contributed by atoms with van der Waals surface area (Å²) >= 11 is 0. The molecular weight excluding hydrogens is 240 g/mol. The van der Waals surface area contributed by atoms with E-state index in [0.29, 0.717) is 18.6 Å². The highest BCUT2D eigenvalue weighted by Crippen LogP contribution is 2.27. The molecule has 2 rings (SSSR count). The van der Waals surface area contributed by atoms with E-state index >= 15 is 0 Å². The zero-order chi connectivity index (χ0) is 13.8. The number of benzene rings is 1. The largest absolute Gasteiger partial charge is 0.494 e. The fourth-order valence-corrected chi connectivity index (χ4v) is 2.04. The Morgan fingerprint density at radius 2 is 2.05 bits per heavy atom. The first-order valence-electron chi connectivity index (χ1n) is 6.40. The molecule has 0 N–H and O–H groups in total. The summed E-state index contributed by atoms with van der Waals surface area (Å²) in [7, 11) is 0. The molecule has 100 valence electrons. The van der Waals surface area contributed by atoms with Crippen molar-refractivity contribution in [2.24, 2.45) is 0 Å². The maximum atomic E-state index is 11.8. The van der Waals surface area contributed by atoms with Crippen LogP contribution < -0.4 is 4.74 Å². The van der Waals surface area contributed by atoms with Gasteiger partial charge in [0.05, 0.1) is 12.2 Å². The average molecular weight is 258 g/mol. The van der Waals surface area contributed by atoms with Crippen molar-refractivity contribution in [1.82, 2.24) is 0 Å². The second-order valence-corrected chi connectivity index (χ2v) is 4.64. The first kappa shape index (κ1) is 13.4. The molecule has 0 amide bonds. The first-order chi connectivity index (χ1) is 9.10. The highest BCUT2D eigenvalue weighted by molar-refractivity contribution is 6.18. The lowest BCUT2D eigenvalue weighted by Gasteiger charge is -2.06. The minimum atomic E-state index is -0.268. The second kappa shape index (κ2) is 5.74. The molecule has 19 heavy (non-hydrogen) atoms. The summed E-state index contributed by atoms with van der Waals surface area (Å²) in [6.45, 7) is 8.33. The van der Waals surface area contributed by atoms with Gasteiger partial charge in [0.1, 0.15) is 11.9 Å². The van der Waals surface area contributed by atoms with Gasteiger partial charge in [-0.2, -0.15) is 0 Å². The second-order valence-electron chi connectivity index (χ2n) is 4.64. The number of rotatable bonds is 5. The lowest BCUT2D eigenvalue weighted by atomic mass is 10.0. The predicted molar refractivity (Wildman–Crippen MR) is 74.9 cm³/mol. The van der Waals surface area contributed by atoms with E-state index in [2.05, 4.69) is 6.58 Å². The molecule has 0 bridgehead atoms. The smallest absolute Gasteiger partial charge is 0.339 e. The Balaban J connectivity index is 2.16. The highest BCUT2D eigenvalue weighted by Gasteiger charge is 2.26. The summed E-state index contributed by atoms with van der Waals surface area (Å²) in [6.07, 6.45) is 2.35. The standard InChI is InChI=1S/C16H18O3/c1-4-18-13-7-5-12(6-8-13)15-10-14(9-11(2)3)19-16(15)17/h5-8,10,14H,2,4,9H2,1,3H3/t14-/m1/s1. The Labute approximate surface area is 113 Å². The van der Waals surface area contributed by atoms with E-state index in [0.717, 1.165) is 16.9 Å². The minimum Gasteiger partial charge on any atom is -0.494 e. The number of esters is 1. The Bertz CT molecular complexity index is 511. The van der Waals surface area contributed by atoms with Crippen LogP contribution in [0, 0.1) is 0 Å². The molecular formula is C16H18O3. The third kappa shape index (κ3) is 3.25. The number of cyclic esters (lactones) is 1. The molecule has 1 aromatic carbocycles. The fraction of sp³-hybridized carbons (Fsp3) is 0.312. The number of carbonyl (C=O) groups excluding carboxylic acids is 1. The number of carbonyl (C=O) groups is 1. The number of hydrogen-bond acceptors (Lipinski definition) is 3. The van der Waals surface area contributed by atoms with Gasteiger partial charge in [-0.3, -0.25) is 0 Å². The predicted octanol–water partition coefficient (Wildman–Crippen LogP) is 3.36. The van der Waals surface area contributed by atoms with Crippen molar-refractivity contribution in [3.63, 3.8) is 0 Å². The lowest BCUT2D eigenvalue weighted by Crippen LogP contribution is -2.08. The van der Waals surface area contributed by atoms with Gasteiger partial charge in [-0.1, -0.05) is 24.3 Å². The van der Waals surface area contributed by atoms with E-state index in [4.69, 9.17) is 9.47 Å². The normalized spacial score (nSPS) is 17.9. The molecule has 0 aliphatic carbocycles. The van der Waals surface area contributed by atoms with E-state index in [9.17, 15) is 4.79 Å². The third-order valence-corrected chi connectivity index (χ3v) is 2.86. The van der Waals surface area contributed by atoms with Gasteiger partial charge >= 0.3 is 5.97 Å². The molecule has 0 saturated heterocycles. The van der Waals surface area contributed by atoms with Gasteiger partial charge in [0.15, 0.2) is 0 Å². The zero-order valence-electron chi connectivity index (χ0n) is 11.3. The van der Waals surface area contributed by atoms with Crippen LogP contribution in [0.1, 0.15) is 25.8 Å². The molecule has 3 heteroatoms. The summed E-state index contributed by atoms with van der Waals surface area (Å²) in [4.78, 5) is 11.8. The topological polar surface area (TPSA) is 35.5 Å². The fourth-order valence-electron chi connectivity index (χ4n) is 2.04. The maximum absolute atomic E-state index is 11.8. The van der Waals surface area contributed by atoms with Gasteiger partial charge in [-0.05, 0) is 37.6 Å². The molecule has 3 nitrogen and oxygen atoms in total. The van der Waals surface area contributed by atoms with E-state index < -0.39 is 0 Å². The molecule has 0 aromatic heterocycles. The van der Waals surface area contributed by atoms with E-state index in [-0.39, 0.29) is 12.1 Å². The summed E-state index contributed by atoms with van der Waals surface area (Å²) in [5.74, 6) is 0.534. The lowest BCUT2D eigenvalue weighted by molar-refractivity contribution is -0.137. The molecule has 0 saturated carbocycles. The molecule has 0 fully saturated rings. The van der Waals surface area contributed by atoms with E-state index in [1.54, 1.807) is 0 Å². The SMILES string of the molecule is C=C(C)C[C@@H]1C=C(c2ccc(OCC)cc2)C(=O)O1. The van der Waals surface area contributed by atoms with Gasteiger partial charge in [0.2, 0.25) is 0 Å². The summed E-state index contributed by atoms with van der Waals surface area (Å²) < 4.78 is 10.7. The van der Waals surface area contributed by atoms with Crippen LogP contribution in [0.4, 0.5) is 0 Å². The summed E-state index contributed by atoms with van der Waals surface area (Å²) in [6, 6.07) is 7.47. The number of hydrogen-bond donors (Lipinski definition) is 0. The quantitative estimate of drug-likeness (QED) is 0.600. The van der Waals surface area contributed by atoms with Crippen LogP contribution in [0.3, 0.4) is 0 Å². The Morgan fingerprint density at radius 3 is 2.63 bits per heavy atom. The van der Waals surface area contributed by atoms with Crippen LogP contribution in [-0.4, -0.2) is 18.7 Å². The number of ether oxygens (including phenoxy) is 2. The minimum absolute atomic E-state index is 0.188.